The second-order valence-corrected chi connectivity index (χ2v) is 16.0. The number of hydrogen-bond donors (Lipinski definition) is 2. The fraction of sp³-hybridized carbons (Fsp3) is 0.543. The minimum Gasteiger partial charge on any atom is -0.491 e. The molecular weight excluding hydrogens is 624 g/mol. The van der Waals surface area contributed by atoms with E-state index in [4.69, 9.17) is 21.1 Å². The van der Waals surface area contributed by atoms with Gasteiger partial charge in [-0.05, 0) is 116 Å². The predicted molar refractivity (Wildman–Crippen MR) is 180 cm³/mol. The average molecular weight is 667 g/mol. The van der Waals surface area contributed by atoms with Crippen molar-refractivity contribution in [1.29, 1.82) is 0 Å². The van der Waals surface area contributed by atoms with Crippen LogP contribution < -0.4 is 19.7 Å². The minimum absolute atomic E-state index is 0.0333. The highest BCUT2D eigenvalue weighted by molar-refractivity contribution is 7.92. The van der Waals surface area contributed by atoms with Crippen LogP contribution in [0, 0.1) is 17.8 Å². The molecule has 7 rings (SSSR count). The number of urea groups is 1. The summed E-state index contributed by atoms with van der Waals surface area (Å²) in [6.45, 7) is 1.97. The highest BCUT2D eigenvalue weighted by atomic mass is 35.5. The lowest BCUT2D eigenvalue weighted by Gasteiger charge is -2.43. The number of fused-ring (bicyclic) bond motifs is 5. The fourth-order valence-electron chi connectivity index (χ4n) is 7.25. The van der Waals surface area contributed by atoms with Gasteiger partial charge < -0.3 is 19.7 Å². The summed E-state index contributed by atoms with van der Waals surface area (Å²) in [7, 11) is -1.62. The third-order valence-corrected chi connectivity index (χ3v) is 12.3. The Balaban J connectivity index is 1.30. The molecule has 3 amide bonds. The van der Waals surface area contributed by atoms with Crippen molar-refractivity contribution in [1.82, 2.24) is 10.0 Å². The van der Waals surface area contributed by atoms with Gasteiger partial charge >= 0.3 is 6.03 Å². The van der Waals surface area contributed by atoms with Crippen LogP contribution in [0.15, 0.2) is 52.9 Å². The van der Waals surface area contributed by atoms with E-state index in [1.165, 1.54) is 11.1 Å². The number of benzene rings is 2. The van der Waals surface area contributed by atoms with Gasteiger partial charge in [-0.3, -0.25) is 9.52 Å². The van der Waals surface area contributed by atoms with Gasteiger partial charge in [-0.15, -0.1) is 4.36 Å². The van der Waals surface area contributed by atoms with Gasteiger partial charge in [-0.1, -0.05) is 29.8 Å². The molecular formula is C35H43ClN4O5S. The second-order valence-electron chi connectivity index (χ2n) is 13.5. The van der Waals surface area contributed by atoms with Crippen molar-refractivity contribution in [2.75, 3.05) is 30.9 Å². The molecule has 46 heavy (non-hydrogen) atoms. The Labute approximate surface area is 276 Å². The molecule has 2 N–H and O–H groups in total. The molecule has 3 saturated carbocycles. The van der Waals surface area contributed by atoms with Crippen LogP contribution >= 0.6 is 11.6 Å². The van der Waals surface area contributed by atoms with Crippen LogP contribution in [-0.2, 0) is 21.2 Å². The molecule has 3 fully saturated rings. The normalized spacial score (nSPS) is 31.7. The number of nitrogens with zero attached hydrogens (tertiary/aromatic N) is 2. The first kappa shape index (κ1) is 31.5. The van der Waals surface area contributed by atoms with Crippen molar-refractivity contribution in [3.05, 3.63) is 70.3 Å². The zero-order chi connectivity index (χ0) is 31.8. The molecule has 2 bridgehead atoms. The number of carbonyl (C=O) groups excluding carboxylic acids is 2. The third-order valence-electron chi connectivity index (χ3n) is 10.2. The number of anilines is 1. The van der Waals surface area contributed by atoms with E-state index >= 15 is 0 Å². The predicted octanol–water partition coefficient (Wildman–Crippen LogP) is 6.61. The Bertz CT molecular complexity index is 1650. The monoisotopic (exact) mass is 666 g/mol. The number of methoxy groups -OCH3 is 1. The Morgan fingerprint density at radius 2 is 1.98 bits per heavy atom. The molecule has 11 heteroatoms. The van der Waals surface area contributed by atoms with Crippen LogP contribution in [0.3, 0.4) is 0 Å². The molecule has 0 aromatic heterocycles. The molecule has 5 aliphatic rings. The van der Waals surface area contributed by atoms with Crippen LogP contribution in [0.4, 0.5) is 10.5 Å². The summed E-state index contributed by atoms with van der Waals surface area (Å²) < 4.78 is 33.2. The van der Waals surface area contributed by atoms with Crippen LogP contribution in [0.5, 0.6) is 5.75 Å². The maximum absolute atomic E-state index is 14.0. The molecule has 3 aliphatic carbocycles. The molecule has 6 atom stereocenters. The number of allylic oxidation sites excluding steroid dienone is 1. The lowest BCUT2D eigenvalue weighted by atomic mass is 9.70. The Morgan fingerprint density at radius 1 is 1.11 bits per heavy atom. The largest absolute Gasteiger partial charge is 0.491 e. The Kier molecular flexibility index (Phi) is 9.04. The van der Waals surface area contributed by atoms with Crippen molar-refractivity contribution < 1.29 is 23.3 Å². The first-order chi connectivity index (χ1) is 22.3. The van der Waals surface area contributed by atoms with Crippen molar-refractivity contribution in [2.45, 2.75) is 76.0 Å². The second kappa shape index (κ2) is 13.2. The first-order valence-electron chi connectivity index (χ1n) is 16.7. The molecule has 9 nitrogen and oxygen atoms in total. The Morgan fingerprint density at radius 3 is 2.76 bits per heavy atom. The van der Waals surface area contributed by atoms with Crippen molar-refractivity contribution >= 4 is 39.1 Å². The van der Waals surface area contributed by atoms with Crippen LogP contribution in [0.1, 0.15) is 78.8 Å². The maximum Gasteiger partial charge on any atom is 0.327 e. The molecule has 2 aromatic carbocycles. The SMILES string of the molecule is CO[C@H]1/C=C/CCC[S@@](=O)(NC(=O)NC2CC2)=NC(=O)c2ccc3c(c2)N(Cc2ccc(Cl)cc2[C@H]2C[C@H]2CCO3)C[C@@H]2CC[C@H]21. The number of halogens is 1. The number of rotatable bonds is 3. The third kappa shape index (κ3) is 7.09. The van der Waals surface area contributed by atoms with E-state index in [1.54, 1.807) is 13.2 Å². The molecule has 0 radical (unpaired) electrons. The van der Waals surface area contributed by atoms with Gasteiger partial charge in [-0.25, -0.2) is 9.00 Å². The zero-order valence-electron chi connectivity index (χ0n) is 26.3. The quantitative estimate of drug-likeness (QED) is 0.357. The number of ether oxygens (including phenoxy) is 2. The molecule has 2 aliphatic heterocycles. The van der Waals surface area contributed by atoms with E-state index in [0.717, 1.165) is 55.8 Å². The zero-order valence-corrected chi connectivity index (χ0v) is 27.9. The average Bonchev–Trinajstić information content (AvgIpc) is 3.95. The summed E-state index contributed by atoms with van der Waals surface area (Å²) in [4.78, 5) is 28.7. The van der Waals surface area contributed by atoms with Gasteiger partial charge in [0.1, 0.15) is 15.7 Å². The summed E-state index contributed by atoms with van der Waals surface area (Å²) in [5.74, 6) is 1.93. The van der Waals surface area contributed by atoms with E-state index < -0.39 is 21.9 Å². The van der Waals surface area contributed by atoms with Gasteiger partial charge in [0.25, 0.3) is 5.91 Å². The van der Waals surface area contributed by atoms with Gasteiger partial charge in [-0.2, -0.15) is 0 Å². The number of carbonyl (C=O) groups is 2. The smallest absolute Gasteiger partial charge is 0.327 e. The van der Waals surface area contributed by atoms with Crippen molar-refractivity contribution in [3.8, 4) is 5.75 Å². The summed E-state index contributed by atoms with van der Waals surface area (Å²) in [6.07, 6.45) is 11.3. The van der Waals surface area contributed by atoms with Crippen molar-refractivity contribution in [3.63, 3.8) is 0 Å². The number of amides is 3. The van der Waals surface area contributed by atoms with Crippen LogP contribution in [0.25, 0.3) is 0 Å². The lowest BCUT2D eigenvalue weighted by Crippen LogP contribution is -2.43. The van der Waals surface area contributed by atoms with Crippen LogP contribution in [0.2, 0.25) is 5.02 Å². The topological polar surface area (TPSA) is 109 Å². The molecule has 2 aromatic rings. The van der Waals surface area contributed by atoms with Gasteiger partial charge in [0.15, 0.2) is 0 Å². The van der Waals surface area contributed by atoms with E-state index in [9.17, 15) is 13.8 Å². The van der Waals surface area contributed by atoms with E-state index in [-0.39, 0.29) is 17.9 Å². The summed E-state index contributed by atoms with van der Waals surface area (Å²) in [5.41, 5.74) is 3.65. The summed E-state index contributed by atoms with van der Waals surface area (Å²) >= 11 is 6.52. The van der Waals surface area contributed by atoms with Gasteiger partial charge in [0, 0.05) is 36.8 Å². The number of hydrogen-bond acceptors (Lipinski definition) is 6. The highest BCUT2D eigenvalue weighted by Gasteiger charge is 2.41. The molecule has 0 saturated heterocycles. The highest BCUT2D eigenvalue weighted by Crippen LogP contribution is 2.52. The first-order valence-corrected chi connectivity index (χ1v) is 18.7. The van der Waals surface area contributed by atoms with Crippen molar-refractivity contribution in [2.24, 2.45) is 22.1 Å². The van der Waals surface area contributed by atoms with E-state index in [1.807, 2.05) is 18.2 Å². The number of nitrogens with one attached hydrogen (secondary N) is 2. The van der Waals surface area contributed by atoms with Gasteiger partial charge in [0.05, 0.1) is 24.2 Å². The maximum atomic E-state index is 14.0. The van der Waals surface area contributed by atoms with E-state index in [2.05, 4.69) is 43.6 Å². The summed E-state index contributed by atoms with van der Waals surface area (Å²) in [5, 5.41) is 3.55. The van der Waals surface area contributed by atoms with Crippen LogP contribution in [-0.4, -0.2) is 54.3 Å². The molecule has 246 valence electrons. The standard InChI is InChI=1S/C35H43ClN4O5S/c1-44-32-5-3-2-4-16-46(43,39-35(42)37-27-10-11-27)38-34(41)23-8-13-33-31(18-23)40(20-24-7-12-28(24)32)21-25-6-9-26(36)19-30(25)29-17-22(29)14-15-45-33/h3,5-6,8-9,13,18-19,22,24,27-29,32H,2,4,7,10-12,14-17,20-21H2,1H3,(H2,37,38,39,41,42,43)/b5-3+/t22-,24+,28-,29+,32+,46+/m1/s1. The minimum atomic E-state index is -3.38. The molecule has 2 heterocycles. The Hall–Kier alpha value is -3.08. The summed E-state index contributed by atoms with van der Waals surface area (Å²) in [6, 6.07) is 11.1. The fourth-order valence-corrected chi connectivity index (χ4v) is 8.95. The molecule has 0 spiro atoms. The molecule has 0 unspecified atom stereocenters. The van der Waals surface area contributed by atoms with Gasteiger partial charge in [0.2, 0.25) is 0 Å². The lowest BCUT2D eigenvalue weighted by molar-refractivity contribution is 0.0134. The van der Waals surface area contributed by atoms with E-state index in [0.29, 0.717) is 61.0 Å².